The Labute approximate surface area is 103 Å². The van der Waals surface area contributed by atoms with Gasteiger partial charge in [0, 0.05) is 24.1 Å². The first kappa shape index (κ1) is 12.3. The molecule has 1 aliphatic rings. The molecule has 0 saturated heterocycles. The third-order valence-corrected chi connectivity index (χ3v) is 3.36. The van der Waals surface area contributed by atoms with E-state index in [1.807, 2.05) is 13.0 Å². The molecule has 94 valence electrons. The zero-order valence-electron chi connectivity index (χ0n) is 10.6. The van der Waals surface area contributed by atoms with E-state index in [2.05, 4.69) is 16.9 Å². The number of nitrogens with zero attached hydrogens (tertiary/aromatic N) is 2. The molecule has 2 atom stereocenters. The van der Waals surface area contributed by atoms with Crippen molar-refractivity contribution in [1.29, 1.82) is 0 Å². The Morgan fingerprint density at radius 1 is 1.41 bits per heavy atom. The van der Waals surface area contributed by atoms with Gasteiger partial charge in [-0.2, -0.15) is 4.98 Å². The Bertz CT molecular complexity index is 381. The quantitative estimate of drug-likeness (QED) is 0.865. The van der Waals surface area contributed by atoms with Crippen molar-refractivity contribution in [3.05, 3.63) is 17.6 Å². The van der Waals surface area contributed by atoms with E-state index in [0.717, 1.165) is 24.4 Å². The summed E-state index contributed by atoms with van der Waals surface area (Å²) >= 11 is 0. The van der Waals surface area contributed by atoms with Crippen molar-refractivity contribution >= 4 is 0 Å². The smallest absolute Gasteiger partial charge is 0.217 e. The summed E-state index contributed by atoms with van der Waals surface area (Å²) in [5.74, 6) is 2.04. The number of hydrogen-bond donors (Lipinski definition) is 1. The highest BCUT2D eigenvalue weighted by molar-refractivity contribution is 5.16. The molecule has 0 aliphatic heterocycles. The lowest BCUT2D eigenvalue weighted by atomic mass is 10.1. The minimum absolute atomic E-state index is 0.235. The van der Waals surface area contributed by atoms with Gasteiger partial charge in [0.2, 0.25) is 5.88 Å². The van der Waals surface area contributed by atoms with Gasteiger partial charge in [0.25, 0.3) is 0 Å². The van der Waals surface area contributed by atoms with Crippen LogP contribution in [0.5, 0.6) is 5.88 Å². The van der Waals surface area contributed by atoms with Crippen LogP contribution < -0.4 is 10.5 Å². The van der Waals surface area contributed by atoms with Gasteiger partial charge in [0.05, 0.1) is 0 Å². The summed E-state index contributed by atoms with van der Waals surface area (Å²) in [6.07, 6.45) is 4.54. The van der Waals surface area contributed by atoms with Gasteiger partial charge in [-0.3, -0.25) is 0 Å². The lowest BCUT2D eigenvalue weighted by molar-refractivity contribution is 0.155. The first-order chi connectivity index (χ1) is 8.22. The van der Waals surface area contributed by atoms with E-state index in [0.29, 0.717) is 18.3 Å². The highest BCUT2D eigenvalue weighted by Crippen LogP contribution is 2.28. The maximum atomic E-state index is 5.97. The van der Waals surface area contributed by atoms with Crippen LogP contribution in [0, 0.1) is 12.8 Å². The Morgan fingerprint density at radius 2 is 2.24 bits per heavy atom. The molecule has 1 aromatic rings. The van der Waals surface area contributed by atoms with Crippen LogP contribution in [0.3, 0.4) is 0 Å². The van der Waals surface area contributed by atoms with Crippen LogP contribution in [0.15, 0.2) is 6.07 Å². The molecule has 1 fully saturated rings. The second-order valence-electron chi connectivity index (χ2n) is 4.70. The van der Waals surface area contributed by atoms with E-state index in [-0.39, 0.29) is 6.10 Å². The summed E-state index contributed by atoms with van der Waals surface area (Å²) in [6, 6.07) is 1.91. The van der Waals surface area contributed by atoms with Crippen LogP contribution in [-0.2, 0) is 6.42 Å². The SMILES string of the molecule is CCc1nc(C)cc(OC2CCCC2CN)n1. The first-order valence-electron chi connectivity index (χ1n) is 6.44. The molecule has 1 heterocycles. The zero-order chi connectivity index (χ0) is 12.3. The summed E-state index contributed by atoms with van der Waals surface area (Å²) in [4.78, 5) is 8.76. The van der Waals surface area contributed by atoms with Crippen LogP contribution in [0.25, 0.3) is 0 Å². The molecule has 0 spiro atoms. The molecule has 1 aliphatic carbocycles. The summed E-state index contributed by atoms with van der Waals surface area (Å²) in [6.45, 7) is 4.73. The second kappa shape index (κ2) is 5.45. The molecule has 0 radical (unpaired) electrons. The highest BCUT2D eigenvalue weighted by atomic mass is 16.5. The first-order valence-corrected chi connectivity index (χ1v) is 6.44. The molecule has 2 rings (SSSR count). The van der Waals surface area contributed by atoms with Gasteiger partial charge < -0.3 is 10.5 Å². The van der Waals surface area contributed by atoms with Gasteiger partial charge in [0.15, 0.2) is 0 Å². The average molecular weight is 235 g/mol. The Balaban J connectivity index is 2.09. The lowest BCUT2D eigenvalue weighted by Crippen LogP contribution is -2.28. The molecule has 1 saturated carbocycles. The van der Waals surface area contributed by atoms with E-state index >= 15 is 0 Å². The molecule has 2 unspecified atom stereocenters. The fraction of sp³-hybridized carbons (Fsp3) is 0.692. The van der Waals surface area contributed by atoms with Gasteiger partial charge >= 0.3 is 0 Å². The third kappa shape index (κ3) is 2.94. The number of hydrogen-bond acceptors (Lipinski definition) is 4. The van der Waals surface area contributed by atoms with Crippen molar-refractivity contribution < 1.29 is 4.74 Å². The van der Waals surface area contributed by atoms with E-state index in [4.69, 9.17) is 10.5 Å². The molecule has 2 N–H and O–H groups in total. The van der Waals surface area contributed by atoms with E-state index < -0.39 is 0 Å². The Kier molecular flexibility index (Phi) is 3.94. The van der Waals surface area contributed by atoms with Crippen LogP contribution >= 0.6 is 0 Å². The monoisotopic (exact) mass is 235 g/mol. The van der Waals surface area contributed by atoms with Crippen molar-refractivity contribution in [2.75, 3.05) is 6.54 Å². The highest BCUT2D eigenvalue weighted by Gasteiger charge is 2.28. The standard InChI is InChI=1S/C13H21N3O/c1-3-12-15-9(2)7-13(16-12)17-11-6-4-5-10(11)8-14/h7,10-11H,3-6,8,14H2,1-2H3. The van der Waals surface area contributed by atoms with Crippen LogP contribution in [-0.4, -0.2) is 22.6 Å². The van der Waals surface area contributed by atoms with Crippen LogP contribution in [0.2, 0.25) is 0 Å². The second-order valence-corrected chi connectivity index (χ2v) is 4.70. The van der Waals surface area contributed by atoms with Crippen molar-refractivity contribution in [2.24, 2.45) is 11.7 Å². The number of rotatable bonds is 4. The molecule has 4 nitrogen and oxygen atoms in total. The topological polar surface area (TPSA) is 61.0 Å². The van der Waals surface area contributed by atoms with Gasteiger partial charge in [-0.1, -0.05) is 6.92 Å². The van der Waals surface area contributed by atoms with E-state index in [9.17, 15) is 0 Å². The molecular weight excluding hydrogens is 214 g/mol. The van der Waals surface area contributed by atoms with Gasteiger partial charge in [-0.25, -0.2) is 4.98 Å². The molecule has 0 bridgehead atoms. The number of ether oxygens (including phenoxy) is 1. The van der Waals surface area contributed by atoms with Crippen molar-refractivity contribution in [3.63, 3.8) is 0 Å². The molecule has 1 aromatic heterocycles. The number of aromatic nitrogens is 2. The number of aryl methyl sites for hydroxylation is 2. The Hall–Kier alpha value is -1.16. The van der Waals surface area contributed by atoms with Crippen molar-refractivity contribution in [3.8, 4) is 5.88 Å². The minimum atomic E-state index is 0.235. The van der Waals surface area contributed by atoms with Crippen LogP contribution in [0.4, 0.5) is 0 Å². The summed E-state index contributed by atoms with van der Waals surface area (Å²) in [7, 11) is 0. The Morgan fingerprint density at radius 3 is 2.94 bits per heavy atom. The normalized spacial score (nSPS) is 23.9. The fourth-order valence-corrected chi connectivity index (χ4v) is 2.40. The predicted molar refractivity (Wildman–Crippen MR) is 67.0 cm³/mol. The summed E-state index contributed by atoms with van der Waals surface area (Å²) in [5, 5.41) is 0. The summed E-state index contributed by atoms with van der Waals surface area (Å²) in [5.41, 5.74) is 6.72. The molecule has 17 heavy (non-hydrogen) atoms. The predicted octanol–water partition coefficient (Wildman–Crippen LogP) is 1.85. The molecule has 4 heteroatoms. The largest absolute Gasteiger partial charge is 0.474 e. The molecule has 0 amide bonds. The average Bonchev–Trinajstić information content (AvgIpc) is 2.75. The molecule has 0 aromatic carbocycles. The summed E-state index contributed by atoms with van der Waals surface area (Å²) < 4.78 is 5.97. The number of nitrogens with two attached hydrogens (primary N) is 1. The van der Waals surface area contributed by atoms with Gasteiger partial charge in [0.1, 0.15) is 11.9 Å². The van der Waals surface area contributed by atoms with Crippen molar-refractivity contribution in [1.82, 2.24) is 9.97 Å². The van der Waals surface area contributed by atoms with Gasteiger partial charge in [-0.05, 0) is 32.7 Å². The van der Waals surface area contributed by atoms with Crippen LogP contribution in [0.1, 0.15) is 37.7 Å². The van der Waals surface area contributed by atoms with Gasteiger partial charge in [-0.15, -0.1) is 0 Å². The van der Waals surface area contributed by atoms with E-state index in [1.54, 1.807) is 0 Å². The van der Waals surface area contributed by atoms with E-state index in [1.165, 1.54) is 12.8 Å². The fourth-order valence-electron chi connectivity index (χ4n) is 2.40. The lowest BCUT2D eigenvalue weighted by Gasteiger charge is -2.19. The molecular formula is C13H21N3O. The maximum absolute atomic E-state index is 5.97. The van der Waals surface area contributed by atoms with Crippen molar-refractivity contribution in [2.45, 2.75) is 45.6 Å². The zero-order valence-corrected chi connectivity index (χ0v) is 10.6. The maximum Gasteiger partial charge on any atom is 0.217 e. The third-order valence-electron chi connectivity index (χ3n) is 3.36. The minimum Gasteiger partial charge on any atom is -0.474 e.